The van der Waals surface area contributed by atoms with Crippen LogP contribution in [-0.2, 0) is 0 Å². The molecular formula is C9H9BrClN. The van der Waals surface area contributed by atoms with E-state index < -0.39 is 0 Å². The molecular weight excluding hydrogens is 237 g/mol. The molecule has 1 fully saturated rings. The first-order valence-corrected chi connectivity index (χ1v) is 5.31. The Morgan fingerprint density at radius 1 is 1.58 bits per heavy atom. The molecule has 1 aliphatic carbocycles. The molecule has 1 aromatic rings. The molecule has 1 aromatic heterocycles. The molecule has 0 bridgehead atoms. The second-order valence-corrected chi connectivity index (χ2v) is 4.38. The summed E-state index contributed by atoms with van der Waals surface area (Å²) in [6, 6.07) is 4.10. The van der Waals surface area contributed by atoms with Crippen molar-refractivity contribution in [2.24, 2.45) is 5.92 Å². The highest BCUT2D eigenvalue weighted by Crippen LogP contribution is 2.47. The van der Waals surface area contributed by atoms with Gasteiger partial charge in [-0.25, -0.2) is 0 Å². The Hall–Kier alpha value is -0.0800. The second kappa shape index (κ2) is 3.35. The summed E-state index contributed by atoms with van der Waals surface area (Å²) in [5.74, 6) is 2.05. The number of pyridine rings is 1. The second-order valence-electron chi connectivity index (χ2n) is 3.16. The Balaban J connectivity index is 2.10. The van der Waals surface area contributed by atoms with Gasteiger partial charge in [0.1, 0.15) is 0 Å². The number of hydrogen-bond donors (Lipinski definition) is 0. The molecule has 0 radical (unpaired) electrons. The molecule has 0 saturated heterocycles. The smallest absolute Gasteiger partial charge is 0.0438 e. The Bertz CT molecular complexity index is 272. The number of alkyl halides is 1. The van der Waals surface area contributed by atoms with Gasteiger partial charge in [0, 0.05) is 28.2 Å². The number of aromatic nitrogens is 1. The van der Waals surface area contributed by atoms with E-state index in [1.807, 2.05) is 12.3 Å². The quantitative estimate of drug-likeness (QED) is 0.731. The van der Waals surface area contributed by atoms with E-state index in [4.69, 9.17) is 11.6 Å². The maximum absolute atomic E-state index is 5.74. The molecule has 2 atom stereocenters. The molecule has 2 unspecified atom stereocenters. The van der Waals surface area contributed by atoms with E-state index in [1.54, 1.807) is 0 Å². The zero-order valence-electron chi connectivity index (χ0n) is 6.50. The van der Waals surface area contributed by atoms with Crippen LogP contribution in [0.2, 0.25) is 0 Å². The third kappa shape index (κ3) is 1.64. The van der Waals surface area contributed by atoms with Gasteiger partial charge in [0.15, 0.2) is 0 Å². The van der Waals surface area contributed by atoms with Gasteiger partial charge in [-0.2, -0.15) is 0 Å². The minimum Gasteiger partial charge on any atom is -0.260 e. The number of rotatable bonds is 2. The largest absolute Gasteiger partial charge is 0.260 e. The molecule has 0 amide bonds. The molecule has 3 heteroatoms. The lowest BCUT2D eigenvalue weighted by Crippen LogP contribution is -1.88. The fraction of sp³-hybridized carbons (Fsp3) is 0.444. The van der Waals surface area contributed by atoms with E-state index in [0.29, 0.717) is 11.8 Å². The summed E-state index contributed by atoms with van der Waals surface area (Å²) in [7, 11) is 0. The van der Waals surface area contributed by atoms with Crippen LogP contribution in [0.3, 0.4) is 0 Å². The zero-order valence-corrected chi connectivity index (χ0v) is 8.85. The summed E-state index contributed by atoms with van der Waals surface area (Å²) in [6.07, 6.45) is 3.05. The first-order valence-electron chi connectivity index (χ1n) is 3.98. The van der Waals surface area contributed by atoms with Crippen LogP contribution in [0.1, 0.15) is 18.0 Å². The molecule has 1 saturated carbocycles. The SMILES string of the molecule is ClCC1CC1c1ccc(Br)cn1. The van der Waals surface area contributed by atoms with Crippen molar-refractivity contribution in [1.29, 1.82) is 0 Å². The van der Waals surface area contributed by atoms with Crippen LogP contribution >= 0.6 is 27.5 Å². The van der Waals surface area contributed by atoms with E-state index in [9.17, 15) is 0 Å². The van der Waals surface area contributed by atoms with Crippen molar-refractivity contribution in [2.45, 2.75) is 12.3 Å². The molecule has 12 heavy (non-hydrogen) atoms. The first kappa shape index (κ1) is 8.52. The lowest BCUT2D eigenvalue weighted by Gasteiger charge is -1.96. The average Bonchev–Trinajstić information content (AvgIpc) is 2.85. The molecule has 2 rings (SSSR count). The van der Waals surface area contributed by atoms with Crippen molar-refractivity contribution in [2.75, 3.05) is 5.88 Å². The van der Waals surface area contributed by atoms with Gasteiger partial charge in [-0.15, -0.1) is 11.6 Å². The van der Waals surface area contributed by atoms with Gasteiger partial charge >= 0.3 is 0 Å². The molecule has 64 valence electrons. The van der Waals surface area contributed by atoms with Crippen LogP contribution in [0.5, 0.6) is 0 Å². The zero-order chi connectivity index (χ0) is 8.55. The highest BCUT2D eigenvalue weighted by Gasteiger charge is 2.38. The normalized spacial score (nSPS) is 27.2. The van der Waals surface area contributed by atoms with Crippen molar-refractivity contribution in [3.8, 4) is 0 Å². The Kier molecular flexibility index (Phi) is 2.37. The highest BCUT2D eigenvalue weighted by molar-refractivity contribution is 9.10. The van der Waals surface area contributed by atoms with Crippen LogP contribution in [-0.4, -0.2) is 10.9 Å². The minimum atomic E-state index is 0.621. The summed E-state index contributed by atoms with van der Waals surface area (Å²) in [5, 5.41) is 0. The molecule has 0 spiro atoms. The van der Waals surface area contributed by atoms with Gasteiger partial charge in [-0.05, 0) is 40.4 Å². The minimum absolute atomic E-state index is 0.621. The van der Waals surface area contributed by atoms with Crippen molar-refractivity contribution in [3.63, 3.8) is 0 Å². The van der Waals surface area contributed by atoms with Gasteiger partial charge < -0.3 is 0 Å². The number of nitrogens with zero attached hydrogens (tertiary/aromatic N) is 1. The molecule has 0 aliphatic heterocycles. The summed E-state index contributed by atoms with van der Waals surface area (Å²) >= 11 is 9.10. The maximum Gasteiger partial charge on any atom is 0.0438 e. The lowest BCUT2D eigenvalue weighted by molar-refractivity contribution is 0.891. The van der Waals surface area contributed by atoms with Crippen LogP contribution in [0.15, 0.2) is 22.8 Å². The monoisotopic (exact) mass is 245 g/mol. The predicted molar refractivity (Wildman–Crippen MR) is 53.5 cm³/mol. The predicted octanol–water partition coefficient (Wildman–Crippen LogP) is 3.19. The third-order valence-electron chi connectivity index (χ3n) is 2.25. The van der Waals surface area contributed by atoms with Gasteiger partial charge in [0.05, 0.1) is 0 Å². The summed E-state index contributed by atoms with van der Waals surface area (Å²) < 4.78 is 1.04. The van der Waals surface area contributed by atoms with Crippen LogP contribution < -0.4 is 0 Å². The number of hydrogen-bond acceptors (Lipinski definition) is 1. The van der Waals surface area contributed by atoms with Crippen LogP contribution in [0.25, 0.3) is 0 Å². The summed E-state index contributed by atoms with van der Waals surface area (Å²) in [4.78, 5) is 4.33. The Morgan fingerprint density at radius 3 is 2.92 bits per heavy atom. The van der Waals surface area contributed by atoms with Crippen molar-refractivity contribution in [1.82, 2.24) is 4.98 Å². The van der Waals surface area contributed by atoms with Gasteiger partial charge in [-0.3, -0.25) is 4.98 Å². The summed E-state index contributed by atoms with van der Waals surface area (Å²) in [6.45, 7) is 0. The van der Waals surface area contributed by atoms with Crippen molar-refractivity contribution < 1.29 is 0 Å². The van der Waals surface area contributed by atoms with Crippen LogP contribution in [0, 0.1) is 5.92 Å². The maximum atomic E-state index is 5.74. The standard InChI is InChI=1S/C9H9BrClN/c10-7-1-2-9(12-5-7)8-3-6(8)4-11/h1-2,5-6,8H,3-4H2. The van der Waals surface area contributed by atoms with E-state index in [-0.39, 0.29) is 0 Å². The number of halogens is 2. The van der Waals surface area contributed by atoms with Crippen LogP contribution in [0.4, 0.5) is 0 Å². The fourth-order valence-corrected chi connectivity index (χ4v) is 1.96. The van der Waals surface area contributed by atoms with Gasteiger partial charge in [-0.1, -0.05) is 0 Å². The average molecular weight is 247 g/mol. The van der Waals surface area contributed by atoms with E-state index in [2.05, 4.69) is 27.0 Å². The lowest BCUT2D eigenvalue weighted by atomic mass is 10.2. The van der Waals surface area contributed by atoms with Gasteiger partial charge in [0.25, 0.3) is 0 Å². The molecule has 0 N–H and O–H groups in total. The Labute approximate surface area is 85.3 Å². The molecule has 0 aromatic carbocycles. The first-order chi connectivity index (χ1) is 5.81. The van der Waals surface area contributed by atoms with E-state index in [0.717, 1.165) is 10.4 Å². The fourth-order valence-electron chi connectivity index (χ4n) is 1.39. The molecule has 1 nitrogen and oxygen atoms in total. The molecule has 1 aliphatic rings. The third-order valence-corrected chi connectivity index (χ3v) is 3.12. The van der Waals surface area contributed by atoms with E-state index >= 15 is 0 Å². The highest BCUT2D eigenvalue weighted by atomic mass is 79.9. The van der Waals surface area contributed by atoms with Crippen molar-refractivity contribution >= 4 is 27.5 Å². The summed E-state index contributed by atoms with van der Waals surface area (Å²) in [5.41, 5.74) is 1.18. The van der Waals surface area contributed by atoms with Crippen molar-refractivity contribution in [3.05, 3.63) is 28.5 Å². The van der Waals surface area contributed by atoms with Gasteiger partial charge in [0.2, 0.25) is 0 Å². The van der Waals surface area contributed by atoms with E-state index in [1.165, 1.54) is 12.1 Å². The molecule has 1 heterocycles. The topological polar surface area (TPSA) is 12.9 Å². The Morgan fingerprint density at radius 2 is 2.42 bits per heavy atom.